The molecular formula is C18H21N3O4. The van der Waals surface area contributed by atoms with Crippen molar-refractivity contribution in [2.24, 2.45) is 0 Å². The average Bonchev–Trinajstić information content (AvgIpc) is 2.67. The van der Waals surface area contributed by atoms with E-state index in [0.717, 1.165) is 12.8 Å². The van der Waals surface area contributed by atoms with Gasteiger partial charge in [0.15, 0.2) is 0 Å². The Bertz CT molecular complexity index is 690. The quantitative estimate of drug-likeness (QED) is 0.825. The smallest absolute Gasteiger partial charge is 0.251 e. The van der Waals surface area contributed by atoms with Crippen molar-refractivity contribution < 1.29 is 19.4 Å². The van der Waals surface area contributed by atoms with Crippen LogP contribution in [0.25, 0.3) is 0 Å². The highest BCUT2D eigenvalue weighted by molar-refractivity contribution is 5.94. The summed E-state index contributed by atoms with van der Waals surface area (Å²) in [6.45, 7) is 1.43. The minimum absolute atomic E-state index is 0.0607. The van der Waals surface area contributed by atoms with Gasteiger partial charge < -0.3 is 19.9 Å². The molecule has 0 radical (unpaired) electrons. The molecule has 3 heterocycles. The van der Waals surface area contributed by atoms with Gasteiger partial charge >= 0.3 is 0 Å². The Labute approximate surface area is 146 Å². The maximum atomic E-state index is 12.3. The Hall–Kier alpha value is -2.51. The third-order valence-corrected chi connectivity index (χ3v) is 3.94. The van der Waals surface area contributed by atoms with Crippen LogP contribution < -0.4 is 10.1 Å². The van der Waals surface area contributed by atoms with E-state index in [9.17, 15) is 9.90 Å². The van der Waals surface area contributed by atoms with E-state index in [1.165, 1.54) is 0 Å². The number of aliphatic hydroxyl groups excluding tert-OH is 1. The first-order chi connectivity index (χ1) is 12.2. The highest BCUT2D eigenvalue weighted by Gasteiger charge is 2.17. The number of carbonyl (C=O) groups excluding carboxylic acids is 1. The number of aliphatic hydroxyl groups is 1. The van der Waals surface area contributed by atoms with E-state index in [-0.39, 0.29) is 18.6 Å². The minimum atomic E-state index is -0.857. The summed E-state index contributed by atoms with van der Waals surface area (Å²) in [6.07, 6.45) is 3.97. The fourth-order valence-corrected chi connectivity index (χ4v) is 2.55. The molecule has 1 aliphatic heterocycles. The molecule has 7 heteroatoms. The van der Waals surface area contributed by atoms with Crippen molar-refractivity contribution in [1.29, 1.82) is 0 Å². The molecule has 1 amide bonds. The number of pyridine rings is 2. The van der Waals surface area contributed by atoms with Crippen molar-refractivity contribution in [3.05, 3.63) is 54.0 Å². The fraction of sp³-hybridized carbons (Fsp3) is 0.389. The summed E-state index contributed by atoms with van der Waals surface area (Å²) in [6, 6.07) is 8.49. The maximum Gasteiger partial charge on any atom is 0.251 e. The predicted molar refractivity (Wildman–Crippen MR) is 90.2 cm³/mol. The summed E-state index contributed by atoms with van der Waals surface area (Å²) in [5, 5.41) is 12.8. The summed E-state index contributed by atoms with van der Waals surface area (Å²) in [5.41, 5.74) is 0.950. The lowest BCUT2D eigenvalue weighted by atomic mass is 10.1. The molecule has 1 aliphatic rings. The van der Waals surface area contributed by atoms with Gasteiger partial charge in [-0.3, -0.25) is 9.78 Å². The Kier molecular flexibility index (Phi) is 5.92. The van der Waals surface area contributed by atoms with E-state index in [1.807, 2.05) is 0 Å². The van der Waals surface area contributed by atoms with Crippen LogP contribution >= 0.6 is 0 Å². The zero-order valence-corrected chi connectivity index (χ0v) is 13.8. The Balaban J connectivity index is 1.55. The second-order valence-electron chi connectivity index (χ2n) is 5.79. The van der Waals surface area contributed by atoms with Crippen LogP contribution in [0.2, 0.25) is 0 Å². The van der Waals surface area contributed by atoms with E-state index in [0.29, 0.717) is 30.4 Å². The van der Waals surface area contributed by atoms with Crippen molar-refractivity contribution in [2.75, 3.05) is 19.8 Å². The lowest BCUT2D eigenvalue weighted by Gasteiger charge is -2.22. The van der Waals surface area contributed by atoms with Gasteiger partial charge in [0.2, 0.25) is 5.88 Å². The van der Waals surface area contributed by atoms with Crippen molar-refractivity contribution in [3.8, 4) is 5.88 Å². The van der Waals surface area contributed by atoms with Crippen LogP contribution in [0.4, 0.5) is 0 Å². The summed E-state index contributed by atoms with van der Waals surface area (Å²) >= 11 is 0. The zero-order chi connectivity index (χ0) is 17.5. The predicted octanol–water partition coefficient (Wildman–Crippen LogP) is 1.50. The number of hydrogen-bond donors (Lipinski definition) is 2. The SMILES string of the molecule is O=C(NC[C@H](O)c1ccccn1)c1ccnc(OC2CCOCC2)c1. The number of amides is 1. The molecule has 2 N–H and O–H groups in total. The number of nitrogens with one attached hydrogen (secondary N) is 1. The Morgan fingerprint density at radius 3 is 2.88 bits per heavy atom. The van der Waals surface area contributed by atoms with Crippen LogP contribution in [0.3, 0.4) is 0 Å². The number of carbonyl (C=O) groups is 1. The van der Waals surface area contributed by atoms with Crippen molar-refractivity contribution in [1.82, 2.24) is 15.3 Å². The van der Waals surface area contributed by atoms with Gasteiger partial charge in [-0.2, -0.15) is 0 Å². The lowest BCUT2D eigenvalue weighted by Crippen LogP contribution is -2.29. The van der Waals surface area contributed by atoms with Crippen LogP contribution in [0.15, 0.2) is 42.7 Å². The van der Waals surface area contributed by atoms with Crippen LogP contribution in [0.1, 0.15) is 35.0 Å². The van der Waals surface area contributed by atoms with Crippen molar-refractivity contribution >= 4 is 5.91 Å². The number of ether oxygens (including phenoxy) is 2. The van der Waals surface area contributed by atoms with Crippen LogP contribution in [-0.4, -0.2) is 46.8 Å². The van der Waals surface area contributed by atoms with E-state index in [2.05, 4.69) is 15.3 Å². The zero-order valence-electron chi connectivity index (χ0n) is 13.8. The maximum absolute atomic E-state index is 12.3. The number of nitrogens with zero attached hydrogens (tertiary/aromatic N) is 2. The molecule has 1 fully saturated rings. The standard InChI is InChI=1S/C18H21N3O4/c22-16(15-3-1-2-7-19-15)12-21-18(23)13-4-8-20-17(11-13)25-14-5-9-24-10-6-14/h1-4,7-8,11,14,16,22H,5-6,9-10,12H2,(H,21,23)/t16-/m0/s1. The molecule has 2 aromatic rings. The molecule has 0 spiro atoms. The summed E-state index contributed by atoms with van der Waals surface area (Å²) in [4.78, 5) is 20.5. The molecule has 132 valence electrons. The molecular weight excluding hydrogens is 322 g/mol. The van der Waals surface area contributed by atoms with Crippen molar-refractivity contribution in [2.45, 2.75) is 25.0 Å². The monoisotopic (exact) mass is 343 g/mol. The fourth-order valence-electron chi connectivity index (χ4n) is 2.55. The van der Waals surface area contributed by atoms with Gasteiger partial charge in [0, 0.05) is 43.4 Å². The molecule has 7 nitrogen and oxygen atoms in total. The van der Waals surface area contributed by atoms with E-state index < -0.39 is 6.10 Å². The van der Waals surface area contributed by atoms with Gasteiger partial charge in [-0.1, -0.05) is 6.07 Å². The summed E-state index contributed by atoms with van der Waals surface area (Å²) in [5.74, 6) is 0.124. The van der Waals surface area contributed by atoms with E-state index in [4.69, 9.17) is 9.47 Å². The molecule has 2 aromatic heterocycles. The van der Waals surface area contributed by atoms with E-state index in [1.54, 1.807) is 42.7 Å². The van der Waals surface area contributed by atoms with Gasteiger partial charge in [0.1, 0.15) is 12.2 Å². The third kappa shape index (κ3) is 4.98. The normalized spacial score (nSPS) is 16.2. The van der Waals surface area contributed by atoms with Crippen LogP contribution in [0, 0.1) is 0 Å². The Morgan fingerprint density at radius 1 is 1.28 bits per heavy atom. The highest BCUT2D eigenvalue weighted by Crippen LogP contribution is 2.17. The number of aromatic nitrogens is 2. The molecule has 0 unspecified atom stereocenters. The van der Waals surface area contributed by atoms with Crippen LogP contribution in [0.5, 0.6) is 5.88 Å². The van der Waals surface area contributed by atoms with E-state index >= 15 is 0 Å². The minimum Gasteiger partial charge on any atom is -0.474 e. The van der Waals surface area contributed by atoms with Gasteiger partial charge in [-0.05, 0) is 18.2 Å². The first-order valence-electron chi connectivity index (χ1n) is 8.30. The van der Waals surface area contributed by atoms with Gasteiger partial charge in [-0.25, -0.2) is 4.98 Å². The average molecular weight is 343 g/mol. The third-order valence-electron chi connectivity index (χ3n) is 3.94. The molecule has 1 atom stereocenters. The number of hydrogen-bond acceptors (Lipinski definition) is 6. The van der Waals surface area contributed by atoms with Gasteiger partial charge in [0.25, 0.3) is 5.91 Å². The number of rotatable bonds is 6. The van der Waals surface area contributed by atoms with Crippen molar-refractivity contribution in [3.63, 3.8) is 0 Å². The Morgan fingerprint density at radius 2 is 2.12 bits per heavy atom. The first-order valence-corrected chi connectivity index (χ1v) is 8.30. The second-order valence-corrected chi connectivity index (χ2v) is 5.79. The summed E-state index contributed by atoms with van der Waals surface area (Å²) < 4.78 is 11.1. The largest absolute Gasteiger partial charge is 0.474 e. The van der Waals surface area contributed by atoms with Gasteiger partial charge in [0.05, 0.1) is 18.9 Å². The first kappa shape index (κ1) is 17.3. The summed E-state index contributed by atoms with van der Waals surface area (Å²) in [7, 11) is 0. The lowest BCUT2D eigenvalue weighted by molar-refractivity contribution is 0.0237. The molecule has 0 aromatic carbocycles. The molecule has 0 saturated carbocycles. The molecule has 0 aliphatic carbocycles. The molecule has 3 rings (SSSR count). The molecule has 25 heavy (non-hydrogen) atoms. The van der Waals surface area contributed by atoms with Crippen LogP contribution in [-0.2, 0) is 4.74 Å². The molecule has 0 bridgehead atoms. The topological polar surface area (TPSA) is 93.6 Å². The van der Waals surface area contributed by atoms with Gasteiger partial charge in [-0.15, -0.1) is 0 Å². The highest BCUT2D eigenvalue weighted by atomic mass is 16.5. The second kappa shape index (κ2) is 8.55. The molecule has 1 saturated heterocycles.